The number of likely N-dealkylation sites (tertiary alicyclic amines) is 1. The van der Waals surface area contributed by atoms with E-state index in [4.69, 9.17) is 4.74 Å². The van der Waals surface area contributed by atoms with E-state index in [-0.39, 0.29) is 17.3 Å². The molecule has 5 heteroatoms. The number of hydrogen-bond donors (Lipinski definition) is 2. The molecule has 23 heavy (non-hydrogen) atoms. The summed E-state index contributed by atoms with van der Waals surface area (Å²) >= 11 is 4.64. The number of aliphatic hydroxyl groups excluding tert-OH is 1. The van der Waals surface area contributed by atoms with Gasteiger partial charge in [-0.2, -0.15) is 0 Å². The van der Waals surface area contributed by atoms with E-state index in [0.29, 0.717) is 17.7 Å². The number of hydrogen-bond acceptors (Lipinski definition) is 4. The smallest absolute Gasteiger partial charge is 0.165 e. The molecule has 2 N–H and O–H groups in total. The van der Waals surface area contributed by atoms with Crippen LogP contribution in [0, 0.1) is 5.92 Å². The van der Waals surface area contributed by atoms with Gasteiger partial charge in [0.05, 0.1) is 0 Å². The molecular formula is C18H22ClNO3. The fourth-order valence-corrected chi connectivity index (χ4v) is 5.24. The summed E-state index contributed by atoms with van der Waals surface area (Å²) in [7, 11) is 2.19. The Morgan fingerprint density at radius 2 is 2.09 bits per heavy atom. The van der Waals surface area contributed by atoms with Crippen molar-refractivity contribution in [3.05, 3.63) is 35.4 Å². The highest BCUT2D eigenvalue weighted by atomic mass is 35.5. The lowest BCUT2D eigenvalue weighted by molar-refractivity contribution is -0.0453. The van der Waals surface area contributed by atoms with E-state index in [1.807, 2.05) is 12.1 Å². The topological polar surface area (TPSA) is 52.9 Å². The number of rotatable bonds is 0. The van der Waals surface area contributed by atoms with Crippen LogP contribution in [0.2, 0.25) is 0 Å². The minimum absolute atomic E-state index is 0.160. The van der Waals surface area contributed by atoms with Crippen molar-refractivity contribution in [2.45, 2.75) is 36.5 Å². The number of aromatic hydroxyl groups is 1. The maximum absolute atomic E-state index is 10.4. The number of piperidine rings is 1. The van der Waals surface area contributed by atoms with Crippen LogP contribution in [0.3, 0.4) is 0 Å². The third-order valence-electron chi connectivity index (χ3n) is 6.15. The van der Waals surface area contributed by atoms with Crippen molar-refractivity contribution in [3.8, 4) is 11.5 Å². The number of alkyl halides is 1. The van der Waals surface area contributed by atoms with Gasteiger partial charge in [0.25, 0.3) is 0 Å². The zero-order chi connectivity index (χ0) is 16.4. The first-order valence-corrected chi connectivity index (χ1v) is 8.85. The third kappa shape index (κ3) is 1.74. The molecule has 124 valence electrons. The Balaban J connectivity index is 0.000000652. The summed E-state index contributed by atoms with van der Waals surface area (Å²) in [5.41, 5.74) is 2.29. The maximum Gasteiger partial charge on any atom is 0.165 e. The maximum atomic E-state index is 10.4. The van der Waals surface area contributed by atoms with Gasteiger partial charge in [0, 0.05) is 29.3 Å². The van der Waals surface area contributed by atoms with Crippen LogP contribution in [-0.4, -0.2) is 53.3 Å². The molecule has 0 radical (unpaired) electrons. The van der Waals surface area contributed by atoms with Crippen LogP contribution >= 0.6 is 11.6 Å². The number of halogens is 1. The Morgan fingerprint density at radius 1 is 1.30 bits per heavy atom. The van der Waals surface area contributed by atoms with Gasteiger partial charge in [-0.25, -0.2) is 0 Å². The molecule has 4 aliphatic rings. The molecule has 2 aliphatic heterocycles. The molecule has 0 amide bonds. The number of aliphatic hydroxyl groups is 1. The summed E-state index contributed by atoms with van der Waals surface area (Å²) in [6, 6.07) is 4.23. The highest BCUT2D eigenvalue weighted by Crippen LogP contribution is 2.62. The lowest BCUT2D eigenvalue weighted by Gasteiger charge is -2.56. The lowest BCUT2D eigenvalue weighted by Crippen LogP contribution is -2.64. The zero-order valence-electron chi connectivity index (χ0n) is 13.4. The average Bonchev–Trinajstić information content (AvgIpc) is 2.92. The minimum atomic E-state index is -0.594. The SMILES string of the molecule is CCl.CN1CC[C@]23c4c5ccc(O)c4O[C@H]2[C@@H](O)C=C[C@H]3[C@H]1C5. The number of nitrogens with zero attached hydrogens (tertiary/aromatic N) is 1. The van der Waals surface area contributed by atoms with Crippen LogP contribution in [0.5, 0.6) is 11.5 Å². The molecule has 2 heterocycles. The van der Waals surface area contributed by atoms with Crippen molar-refractivity contribution in [2.24, 2.45) is 5.92 Å². The molecule has 1 spiro atoms. The first-order valence-electron chi connectivity index (χ1n) is 8.09. The van der Waals surface area contributed by atoms with Crippen LogP contribution in [-0.2, 0) is 11.8 Å². The Hall–Kier alpha value is -1.23. The van der Waals surface area contributed by atoms with Gasteiger partial charge in [-0.1, -0.05) is 18.2 Å². The number of benzene rings is 1. The molecule has 5 atom stereocenters. The van der Waals surface area contributed by atoms with Crippen molar-refractivity contribution in [2.75, 3.05) is 20.0 Å². The van der Waals surface area contributed by atoms with Crippen LogP contribution in [0.25, 0.3) is 0 Å². The van der Waals surface area contributed by atoms with Gasteiger partial charge in [0.1, 0.15) is 12.2 Å². The van der Waals surface area contributed by atoms with Gasteiger partial charge in [-0.3, -0.25) is 0 Å². The van der Waals surface area contributed by atoms with E-state index in [9.17, 15) is 10.2 Å². The summed E-state index contributed by atoms with van der Waals surface area (Å²) in [5.74, 6) is 1.19. The van der Waals surface area contributed by atoms with Crippen molar-refractivity contribution in [1.82, 2.24) is 4.90 Å². The van der Waals surface area contributed by atoms with E-state index >= 15 is 0 Å². The number of ether oxygens (including phenoxy) is 1. The molecule has 0 aromatic heterocycles. The molecule has 1 aromatic carbocycles. The molecule has 4 nitrogen and oxygen atoms in total. The molecular weight excluding hydrogens is 314 g/mol. The van der Waals surface area contributed by atoms with Gasteiger partial charge in [-0.05, 0) is 38.1 Å². The van der Waals surface area contributed by atoms with Gasteiger partial charge >= 0.3 is 0 Å². The Morgan fingerprint density at radius 3 is 2.87 bits per heavy atom. The highest BCUT2D eigenvalue weighted by Gasteiger charge is 2.64. The second-order valence-corrected chi connectivity index (χ2v) is 6.93. The third-order valence-corrected chi connectivity index (χ3v) is 6.15. The molecule has 5 rings (SSSR count). The lowest BCUT2D eigenvalue weighted by atomic mass is 9.53. The molecule has 0 saturated carbocycles. The summed E-state index contributed by atoms with van der Waals surface area (Å²) < 4.78 is 6.09. The Bertz CT molecular complexity index is 676. The number of phenolic OH excluding ortho intramolecular Hbond substituents is 1. The molecule has 2 bridgehead atoms. The molecule has 1 fully saturated rings. The second kappa shape index (κ2) is 5.13. The summed E-state index contributed by atoms with van der Waals surface area (Å²) in [6.45, 7) is 1.01. The normalized spacial score (nSPS) is 39.1. The van der Waals surface area contributed by atoms with Crippen molar-refractivity contribution >= 4 is 11.6 Å². The summed E-state index contributed by atoms with van der Waals surface area (Å²) in [6.07, 6.45) is 6.65. The molecule has 2 aliphatic carbocycles. The Kier molecular flexibility index (Phi) is 3.42. The van der Waals surface area contributed by atoms with Gasteiger partial charge in [0.2, 0.25) is 0 Å². The van der Waals surface area contributed by atoms with Crippen LogP contribution in [0.1, 0.15) is 17.5 Å². The van der Waals surface area contributed by atoms with Gasteiger partial charge < -0.3 is 19.8 Å². The predicted molar refractivity (Wildman–Crippen MR) is 89.4 cm³/mol. The van der Waals surface area contributed by atoms with Gasteiger partial charge in [-0.15, -0.1) is 11.6 Å². The second-order valence-electron chi connectivity index (χ2n) is 6.93. The van der Waals surface area contributed by atoms with Gasteiger partial charge in [0.15, 0.2) is 11.5 Å². The molecule has 0 unspecified atom stereocenters. The largest absolute Gasteiger partial charge is 0.504 e. The summed E-state index contributed by atoms with van der Waals surface area (Å²) in [5, 5.41) is 20.6. The first-order chi connectivity index (χ1) is 11.1. The van der Waals surface area contributed by atoms with E-state index in [1.54, 1.807) is 6.07 Å². The fourth-order valence-electron chi connectivity index (χ4n) is 5.24. The van der Waals surface area contributed by atoms with Crippen molar-refractivity contribution in [3.63, 3.8) is 0 Å². The van der Waals surface area contributed by atoms with E-state index in [0.717, 1.165) is 19.4 Å². The quantitative estimate of drug-likeness (QED) is 0.563. The highest BCUT2D eigenvalue weighted by molar-refractivity contribution is 6.15. The summed E-state index contributed by atoms with van der Waals surface area (Å²) in [4.78, 5) is 2.43. The number of phenols is 1. The fraction of sp³-hybridized carbons (Fsp3) is 0.556. The average molecular weight is 336 g/mol. The van der Waals surface area contributed by atoms with Crippen LogP contribution in [0.15, 0.2) is 24.3 Å². The predicted octanol–water partition coefficient (Wildman–Crippen LogP) is 2.05. The number of likely N-dealkylation sites (N-methyl/N-ethyl adjacent to an activating group) is 1. The van der Waals surface area contributed by atoms with E-state index < -0.39 is 6.10 Å². The van der Waals surface area contributed by atoms with Crippen molar-refractivity contribution < 1.29 is 14.9 Å². The van der Waals surface area contributed by atoms with E-state index in [1.165, 1.54) is 17.5 Å². The molecule has 1 aromatic rings. The van der Waals surface area contributed by atoms with Crippen LogP contribution < -0.4 is 4.74 Å². The van der Waals surface area contributed by atoms with E-state index in [2.05, 4.69) is 29.6 Å². The van der Waals surface area contributed by atoms with Crippen LogP contribution in [0.4, 0.5) is 0 Å². The molecule has 1 saturated heterocycles. The van der Waals surface area contributed by atoms with Crippen molar-refractivity contribution in [1.29, 1.82) is 0 Å². The standard InChI is InChI=1S/C17H19NO3.CH3Cl/c1-18-7-6-17-10-3-5-13(20)16(17)21-15-12(19)4-2-9(14(15)17)8-11(10)18;1-2/h2-5,10-11,13,16,19-20H,6-8H2,1H3;1H3/t10-,11+,13-,16-,17-;/m0./s1. The minimum Gasteiger partial charge on any atom is -0.504 e. The Labute approximate surface area is 141 Å². The zero-order valence-corrected chi connectivity index (χ0v) is 14.1. The first kappa shape index (κ1) is 15.3. The monoisotopic (exact) mass is 335 g/mol.